The van der Waals surface area contributed by atoms with Crippen molar-refractivity contribution < 1.29 is 13.2 Å². The van der Waals surface area contributed by atoms with Crippen LogP contribution in [0.4, 0.5) is 0 Å². The van der Waals surface area contributed by atoms with Crippen LogP contribution in [0.5, 0.6) is 0 Å². The molecule has 0 aromatic heterocycles. The summed E-state index contributed by atoms with van der Waals surface area (Å²) >= 11 is 0. The van der Waals surface area contributed by atoms with Gasteiger partial charge in [-0.25, -0.2) is 13.1 Å². The molecule has 0 radical (unpaired) electrons. The fourth-order valence-corrected chi connectivity index (χ4v) is 4.64. The summed E-state index contributed by atoms with van der Waals surface area (Å²) in [5.74, 6) is 0. The molecule has 2 aromatic rings. The summed E-state index contributed by atoms with van der Waals surface area (Å²) in [5.41, 5.74) is 1.74. The number of ether oxygens (including phenoxy) is 1. The van der Waals surface area contributed by atoms with Crippen molar-refractivity contribution in [3.63, 3.8) is 0 Å². The predicted octanol–water partition coefficient (Wildman–Crippen LogP) is 2.65. The van der Waals surface area contributed by atoms with Crippen LogP contribution in [0.1, 0.15) is 12.8 Å². The summed E-state index contributed by atoms with van der Waals surface area (Å²) in [7, 11) is -1.90. The van der Waals surface area contributed by atoms with E-state index in [4.69, 9.17) is 4.74 Å². The number of nitrogens with one attached hydrogen (secondary N) is 2. The molecule has 1 heterocycles. The van der Waals surface area contributed by atoms with Gasteiger partial charge in [-0.3, -0.25) is 0 Å². The third-order valence-corrected chi connectivity index (χ3v) is 6.40. The van der Waals surface area contributed by atoms with Gasteiger partial charge in [-0.15, -0.1) is 0 Å². The predicted molar refractivity (Wildman–Crippen MR) is 103 cm³/mol. The third kappa shape index (κ3) is 4.51. The number of rotatable bonds is 7. The molecule has 0 bridgehead atoms. The van der Waals surface area contributed by atoms with Gasteiger partial charge < -0.3 is 10.1 Å². The Morgan fingerprint density at radius 1 is 1.04 bits per heavy atom. The van der Waals surface area contributed by atoms with Crippen LogP contribution in [-0.4, -0.2) is 41.8 Å². The third-order valence-electron chi connectivity index (χ3n) is 5.00. The van der Waals surface area contributed by atoms with E-state index in [1.807, 2.05) is 36.4 Å². The van der Waals surface area contributed by atoms with Crippen molar-refractivity contribution in [3.8, 4) is 11.1 Å². The van der Waals surface area contributed by atoms with Gasteiger partial charge in [0.15, 0.2) is 0 Å². The molecule has 3 rings (SSSR count). The SMILES string of the molecule is COCC1(CNS(=O)(=O)c2cccc(-c3ccccc3)c2)CCNCC1. The van der Waals surface area contributed by atoms with Crippen molar-refractivity contribution in [2.75, 3.05) is 33.4 Å². The quantitative estimate of drug-likeness (QED) is 0.782. The van der Waals surface area contributed by atoms with E-state index in [2.05, 4.69) is 10.0 Å². The van der Waals surface area contributed by atoms with Crippen LogP contribution in [0.15, 0.2) is 59.5 Å². The van der Waals surface area contributed by atoms with Crippen LogP contribution in [0.3, 0.4) is 0 Å². The van der Waals surface area contributed by atoms with Crippen LogP contribution in [0.2, 0.25) is 0 Å². The number of sulfonamides is 1. The zero-order valence-electron chi connectivity index (χ0n) is 15.1. The molecule has 0 spiro atoms. The van der Waals surface area contributed by atoms with E-state index in [1.165, 1.54) is 0 Å². The van der Waals surface area contributed by atoms with Crippen molar-refractivity contribution in [1.29, 1.82) is 0 Å². The highest BCUT2D eigenvalue weighted by Gasteiger charge is 2.33. The molecule has 0 atom stereocenters. The minimum atomic E-state index is -3.57. The molecule has 6 heteroatoms. The molecule has 0 saturated carbocycles. The second-order valence-electron chi connectivity index (χ2n) is 6.90. The number of piperidine rings is 1. The molecule has 26 heavy (non-hydrogen) atoms. The first-order valence-electron chi connectivity index (χ1n) is 8.90. The van der Waals surface area contributed by atoms with Crippen molar-refractivity contribution in [2.24, 2.45) is 5.41 Å². The number of hydrogen-bond acceptors (Lipinski definition) is 4. The average molecular weight is 375 g/mol. The zero-order chi connectivity index (χ0) is 18.5. The minimum Gasteiger partial charge on any atom is -0.384 e. The second kappa shape index (κ2) is 8.31. The maximum atomic E-state index is 12.8. The number of benzene rings is 2. The van der Waals surface area contributed by atoms with Gasteiger partial charge in [0.2, 0.25) is 10.0 Å². The maximum Gasteiger partial charge on any atom is 0.240 e. The van der Waals surface area contributed by atoms with E-state index >= 15 is 0 Å². The molecule has 1 aliphatic heterocycles. The van der Waals surface area contributed by atoms with Gasteiger partial charge in [-0.2, -0.15) is 0 Å². The molecule has 2 aromatic carbocycles. The van der Waals surface area contributed by atoms with Crippen molar-refractivity contribution in [3.05, 3.63) is 54.6 Å². The average Bonchev–Trinajstić information content (AvgIpc) is 2.68. The van der Waals surface area contributed by atoms with Crippen molar-refractivity contribution in [2.45, 2.75) is 17.7 Å². The van der Waals surface area contributed by atoms with Gasteiger partial charge in [-0.05, 0) is 49.2 Å². The van der Waals surface area contributed by atoms with E-state index in [0.717, 1.165) is 37.1 Å². The maximum absolute atomic E-state index is 12.8. The summed E-state index contributed by atoms with van der Waals surface area (Å²) in [5, 5.41) is 3.32. The van der Waals surface area contributed by atoms with Gasteiger partial charge >= 0.3 is 0 Å². The normalized spacial score (nSPS) is 17.1. The van der Waals surface area contributed by atoms with Crippen molar-refractivity contribution >= 4 is 10.0 Å². The first-order chi connectivity index (χ1) is 12.5. The molecular weight excluding hydrogens is 348 g/mol. The summed E-state index contributed by atoms with van der Waals surface area (Å²) in [6.07, 6.45) is 1.79. The fraction of sp³-hybridized carbons (Fsp3) is 0.400. The Morgan fingerprint density at radius 2 is 1.73 bits per heavy atom. The second-order valence-corrected chi connectivity index (χ2v) is 8.67. The van der Waals surface area contributed by atoms with Gasteiger partial charge in [0.05, 0.1) is 11.5 Å². The summed E-state index contributed by atoms with van der Waals surface area (Å²) in [6.45, 7) is 2.71. The summed E-state index contributed by atoms with van der Waals surface area (Å²) < 4.78 is 33.9. The molecule has 5 nitrogen and oxygen atoms in total. The van der Waals surface area contributed by atoms with Crippen LogP contribution in [-0.2, 0) is 14.8 Å². The molecular formula is C20H26N2O3S. The molecule has 2 N–H and O–H groups in total. The monoisotopic (exact) mass is 374 g/mol. The van der Waals surface area contributed by atoms with E-state index in [1.54, 1.807) is 25.3 Å². The topological polar surface area (TPSA) is 67.4 Å². The zero-order valence-corrected chi connectivity index (χ0v) is 15.9. The lowest BCUT2D eigenvalue weighted by atomic mass is 9.80. The molecule has 1 saturated heterocycles. The van der Waals surface area contributed by atoms with E-state index in [9.17, 15) is 8.42 Å². The Kier molecular flexibility index (Phi) is 6.09. The lowest BCUT2D eigenvalue weighted by Gasteiger charge is -2.37. The highest BCUT2D eigenvalue weighted by atomic mass is 32.2. The Bertz CT molecular complexity index is 810. The molecule has 140 valence electrons. The standard InChI is InChI=1S/C20H26N2O3S/c1-25-16-20(10-12-21-13-11-20)15-22-26(23,24)19-9-5-8-18(14-19)17-6-3-2-4-7-17/h2-9,14,21-22H,10-13,15-16H2,1H3. The first kappa shape index (κ1) is 19.0. The van der Waals surface area contributed by atoms with Crippen LogP contribution in [0.25, 0.3) is 11.1 Å². The smallest absolute Gasteiger partial charge is 0.240 e. The van der Waals surface area contributed by atoms with Gasteiger partial charge in [0, 0.05) is 19.1 Å². The van der Waals surface area contributed by atoms with Crippen LogP contribution < -0.4 is 10.0 Å². The van der Waals surface area contributed by atoms with E-state index in [0.29, 0.717) is 18.0 Å². The van der Waals surface area contributed by atoms with Gasteiger partial charge in [0.25, 0.3) is 0 Å². The largest absolute Gasteiger partial charge is 0.384 e. The molecule has 0 aliphatic carbocycles. The summed E-state index contributed by atoms with van der Waals surface area (Å²) in [4.78, 5) is 0.292. The molecule has 1 fully saturated rings. The van der Waals surface area contributed by atoms with E-state index < -0.39 is 10.0 Å². The minimum absolute atomic E-state index is 0.149. The van der Waals surface area contributed by atoms with Crippen LogP contribution in [0, 0.1) is 5.41 Å². The van der Waals surface area contributed by atoms with Gasteiger partial charge in [-0.1, -0.05) is 42.5 Å². The van der Waals surface area contributed by atoms with Gasteiger partial charge in [0.1, 0.15) is 0 Å². The highest BCUT2D eigenvalue weighted by molar-refractivity contribution is 7.89. The lowest BCUT2D eigenvalue weighted by Crippen LogP contribution is -2.47. The molecule has 1 aliphatic rings. The molecule has 0 amide bonds. The first-order valence-corrected chi connectivity index (χ1v) is 10.4. The number of hydrogen-bond donors (Lipinski definition) is 2. The Labute approximate surface area is 155 Å². The highest BCUT2D eigenvalue weighted by Crippen LogP contribution is 2.29. The Hall–Kier alpha value is -1.73. The Balaban J connectivity index is 1.78. The Morgan fingerprint density at radius 3 is 2.42 bits per heavy atom. The summed E-state index contributed by atoms with van der Waals surface area (Å²) in [6, 6.07) is 16.9. The lowest BCUT2D eigenvalue weighted by molar-refractivity contribution is 0.0577. The van der Waals surface area contributed by atoms with E-state index in [-0.39, 0.29) is 5.41 Å². The number of methoxy groups -OCH3 is 1. The fourth-order valence-electron chi connectivity index (χ4n) is 3.44. The van der Waals surface area contributed by atoms with Crippen molar-refractivity contribution in [1.82, 2.24) is 10.0 Å². The molecule has 0 unspecified atom stereocenters. The van der Waals surface area contributed by atoms with Crippen LogP contribution >= 0.6 is 0 Å².